The number of thiophene rings is 1. The first-order chi connectivity index (χ1) is 11.1. The van der Waals surface area contributed by atoms with E-state index < -0.39 is 0 Å². The number of amides is 1. The molecule has 0 aliphatic carbocycles. The molecule has 1 aromatic heterocycles. The van der Waals surface area contributed by atoms with Crippen LogP contribution in [-0.4, -0.2) is 42.6 Å². The van der Waals surface area contributed by atoms with E-state index in [2.05, 4.69) is 10.6 Å². The summed E-state index contributed by atoms with van der Waals surface area (Å²) in [5.41, 5.74) is 1.49. The number of esters is 1. The Morgan fingerprint density at radius 3 is 2.78 bits per heavy atom. The molecular formula is C16H24N2O3S2. The van der Waals surface area contributed by atoms with Crippen molar-refractivity contribution in [1.29, 1.82) is 0 Å². The highest BCUT2D eigenvalue weighted by molar-refractivity contribution is 7.99. The lowest BCUT2D eigenvalue weighted by molar-refractivity contribution is -0.116. The van der Waals surface area contributed by atoms with E-state index in [1.807, 2.05) is 25.6 Å². The Bertz CT molecular complexity index is 566. The third-order valence-corrected chi connectivity index (χ3v) is 5.92. The number of rotatable bonds is 6. The van der Waals surface area contributed by atoms with Crippen molar-refractivity contribution in [2.45, 2.75) is 39.7 Å². The van der Waals surface area contributed by atoms with E-state index in [1.165, 1.54) is 11.3 Å². The van der Waals surface area contributed by atoms with Gasteiger partial charge < -0.3 is 15.4 Å². The van der Waals surface area contributed by atoms with Gasteiger partial charge >= 0.3 is 5.97 Å². The summed E-state index contributed by atoms with van der Waals surface area (Å²) in [6, 6.07) is 0.200. The zero-order chi connectivity index (χ0) is 16.8. The van der Waals surface area contributed by atoms with E-state index in [9.17, 15) is 9.59 Å². The molecule has 1 fully saturated rings. The molecule has 0 saturated carbocycles. The number of hydrogen-bond donors (Lipinski definition) is 2. The predicted octanol–water partition coefficient (Wildman–Crippen LogP) is 2.83. The van der Waals surface area contributed by atoms with Crippen molar-refractivity contribution in [1.82, 2.24) is 5.32 Å². The van der Waals surface area contributed by atoms with Crippen LogP contribution in [0.3, 0.4) is 0 Å². The largest absolute Gasteiger partial charge is 0.462 e. The smallest absolute Gasteiger partial charge is 0.341 e. The first-order valence-electron chi connectivity index (χ1n) is 7.97. The first kappa shape index (κ1) is 18.3. The third-order valence-electron chi connectivity index (χ3n) is 3.73. The van der Waals surface area contributed by atoms with Crippen molar-refractivity contribution < 1.29 is 14.3 Å². The minimum Gasteiger partial charge on any atom is -0.462 e. The Labute approximate surface area is 145 Å². The molecule has 0 aromatic carbocycles. The molecule has 5 nitrogen and oxygen atoms in total. The highest BCUT2D eigenvalue weighted by atomic mass is 32.2. The number of aryl methyl sites for hydroxylation is 1. The van der Waals surface area contributed by atoms with Crippen molar-refractivity contribution in [2.24, 2.45) is 0 Å². The Morgan fingerprint density at radius 1 is 1.39 bits per heavy atom. The zero-order valence-electron chi connectivity index (χ0n) is 13.9. The van der Waals surface area contributed by atoms with Crippen molar-refractivity contribution in [3.63, 3.8) is 0 Å². The predicted molar refractivity (Wildman–Crippen MR) is 96.8 cm³/mol. The lowest BCUT2D eigenvalue weighted by Crippen LogP contribution is -2.39. The number of carbonyl (C=O) groups is 2. The van der Waals surface area contributed by atoms with Crippen molar-refractivity contribution in [2.75, 3.05) is 30.0 Å². The van der Waals surface area contributed by atoms with Crippen LogP contribution in [0.4, 0.5) is 5.00 Å². The van der Waals surface area contributed by atoms with Gasteiger partial charge in [-0.1, -0.05) is 6.92 Å². The molecule has 2 rings (SSSR count). The van der Waals surface area contributed by atoms with Gasteiger partial charge in [-0.3, -0.25) is 4.79 Å². The third kappa shape index (κ3) is 4.71. The topological polar surface area (TPSA) is 67.4 Å². The van der Waals surface area contributed by atoms with Gasteiger partial charge in [-0.25, -0.2) is 4.79 Å². The van der Waals surface area contributed by atoms with Crippen LogP contribution in [0.5, 0.6) is 0 Å². The van der Waals surface area contributed by atoms with Crippen LogP contribution in [0.1, 0.15) is 41.1 Å². The van der Waals surface area contributed by atoms with Gasteiger partial charge in [0.15, 0.2) is 0 Å². The molecule has 2 N–H and O–H groups in total. The molecule has 1 aliphatic rings. The maximum absolute atomic E-state index is 12.3. The van der Waals surface area contributed by atoms with Crippen LogP contribution in [0.15, 0.2) is 0 Å². The SMILES string of the molecule is CCOC(=O)c1c(NC(=O)CC2CSCCN2)sc(C)c1CC. The van der Waals surface area contributed by atoms with Gasteiger partial charge in [-0.15, -0.1) is 11.3 Å². The molecule has 1 aliphatic heterocycles. The molecule has 0 bridgehead atoms. The van der Waals surface area contributed by atoms with Crippen LogP contribution in [0.2, 0.25) is 0 Å². The number of nitrogens with one attached hydrogen (secondary N) is 2. The fraction of sp³-hybridized carbons (Fsp3) is 0.625. The van der Waals surface area contributed by atoms with Crippen LogP contribution in [0.25, 0.3) is 0 Å². The van der Waals surface area contributed by atoms with E-state index in [0.717, 1.165) is 34.9 Å². The molecule has 1 amide bonds. The summed E-state index contributed by atoms with van der Waals surface area (Å²) >= 11 is 3.31. The fourth-order valence-corrected chi connectivity index (χ4v) is 4.76. The van der Waals surface area contributed by atoms with Crippen molar-refractivity contribution in [3.05, 3.63) is 16.0 Å². The molecule has 2 heterocycles. The second-order valence-electron chi connectivity index (χ2n) is 5.39. The molecule has 23 heavy (non-hydrogen) atoms. The maximum Gasteiger partial charge on any atom is 0.341 e. The van der Waals surface area contributed by atoms with Gasteiger partial charge in [0.1, 0.15) is 5.00 Å². The van der Waals surface area contributed by atoms with Gasteiger partial charge in [0.05, 0.1) is 12.2 Å². The average Bonchev–Trinajstić information content (AvgIpc) is 2.83. The minimum atomic E-state index is -0.352. The monoisotopic (exact) mass is 356 g/mol. The summed E-state index contributed by atoms with van der Waals surface area (Å²) in [6.07, 6.45) is 1.17. The average molecular weight is 357 g/mol. The normalized spacial score (nSPS) is 17.8. The van der Waals surface area contributed by atoms with Gasteiger partial charge in [-0.2, -0.15) is 11.8 Å². The lowest BCUT2D eigenvalue weighted by Gasteiger charge is -2.22. The fourth-order valence-electron chi connectivity index (χ4n) is 2.66. The number of anilines is 1. The molecule has 128 valence electrons. The standard InChI is InChI=1S/C16H24N2O3S2/c1-4-12-10(3)23-15(14(12)16(20)21-5-2)18-13(19)8-11-9-22-7-6-17-11/h11,17H,4-9H2,1-3H3,(H,18,19). The summed E-state index contributed by atoms with van der Waals surface area (Å²) < 4.78 is 5.16. The van der Waals surface area contributed by atoms with Gasteiger partial charge in [0, 0.05) is 35.4 Å². The summed E-state index contributed by atoms with van der Waals surface area (Å²) in [5.74, 6) is 1.63. The van der Waals surface area contributed by atoms with Crippen LogP contribution in [0, 0.1) is 6.92 Å². The minimum absolute atomic E-state index is 0.0561. The Hall–Kier alpha value is -1.05. The lowest BCUT2D eigenvalue weighted by atomic mass is 10.1. The maximum atomic E-state index is 12.3. The van der Waals surface area contributed by atoms with Gasteiger partial charge in [0.25, 0.3) is 0 Å². The van der Waals surface area contributed by atoms with E-state index in [0.29, 0.717) is 23.6 Å². The number of carbonyl (C=O) groups excluding carboxylic acids is 2. The zero-order valence-corrected chi connectivity index (χ0v) is 15.5. The number of hydrogen-bond acceptors (Lipinski definition) is 6. The van der Waals surface area contributed by atoms with E-state index in [1.54, 1.807) is 6.92 Å². The second-order valence-corrected chi connectivity index (χ2v) is 7.77. The Kier molecular flexibility index (Phi) is 6.92. The van der Waals surface area contributed by atoms with Crippen LogP contribution >= 0.6 is 23.1 Å². The highest BCUT2D eigenvalue weighted by Gasteiger charge is 2.24. The first-order valence-corrected chi connectivity index (χ1v) is 9.94. The summed E-state index contributed by atoms with van der Waals surface area (Å²) in [4.78, 5) is 25.6. The molecule has 1 aromatic rings. The van der Waals surface area contributed by atoms with Gasteiger partial charge in [-0.05, 0) is 25.8 Å². The molecule has 1 atom stereocenters. The molecule has 1 saturated heterocycles. The number of ether oxygens (including phenoxy) is 1. The van der Waals surface area contributed by atoms with E-state index in [-0.39, 0.29) is 17.9 Å². The number of thioether (sulfide) groups is 1. The highest BCUT2D eigenvalue weighted by Crippen LogP contribution is 2.34. The van der Waals surface area contributed by atoms with E-state index in [4.69, 9.17) is 4.74 Å². The Morgan fingerprint density at radius 2 is 2.17 bits per heavy atom. The van der Waals surface area contributed by atoms with Crippen molar-refractivity contribution in [3.8, 4) is 0 Å². The van der Waals surface area contributed by atoms with Crippen LogP contribution in [-0.2, 0) is 16.0 Å². The molecule has 0 spiro atoms. The van der Waals surface area contributed by atoms with E-state index >= 15 is 0 Å². The summed E-state index contributed by atoms with van der Waals surface area (Å²) in [5, 5.41) is 6.89. The second kappa shape index (κ2) is 8.70. The quantitative estimate of drug-likeness (QED) is 0.767. The van der Waals surface area contributed by atoms with Gasteiger partial charge in [0.2, 0.25) is 5.91 Å². The molecule has 1 unspecified atom stereocenters. The Balaban J connectivity index is 2.11. The molecular weight excluding hydrogens is 332 g/mol. The summed E-state index contributed by atoms with van der Waals surface area (Å²) in [7, 11) is 0. The van der Waals surface area contributed by atoms with Crippen molar-refractivity contribution >= 4 is 40.0 Å². The summed E-state index contributed by atoms with van der Waals surface area (Å²) in [6.45, 7) is 7.03. The molecule has 0 radical (unpaired) electrons. The molecule has 7 heteroatoms. The van der Waals surface area contributed by atoms with Crippen LogP contribution < -0.4 is 10.6 Å².